The number of morpholine rings is 1. The van der Waals surface area contributed by atoms with Crippen LogP contribution in [0.4, 0.5) is 0 Å². The van der Waals surface area contributed by atoms with E-state index in [1.54, 1.807) is 22.7 Å². The largest absolute Gasteiger partial charge is 0.469 e. The monoisotopic (exact) mass is 481 g/mol. The van der Waals surface area contributed by atoms with Crippen molar-refractivity contribution >= 4 is 38.9 Å². The predicted molar refractivity (Wildman–Crippen MR) is 129 cm³/mol. The molecule has 1 fully saturated rings. The van der Waals surface area contributed by atoms with Gasteiger partial charge in [-0.1, -0.05) is 18.2 Å². The van der Waals surface area contributed by atoms with E-state index in [1.807, 2.05) is 30.3 Å². The maximum Gasteiger partial charge on any atom is 0.309 e. The van der Waals surface area contributed by atoms with Crippen LogP contribution in [0.25, 0.3) is 20.7 Å². The van der Waals surface area contributed by atoms with Crippen molar-refractivity contribution in [3.63, 3.8) is 0 Å². The number of esters is 1. The molecule has 33 heavy (non-hydrogen) atoms. The molecule has 0 radical (unpaired) electrons. The first-order valence-corrected chi connectivity index (χ1v) is 12.4. The summed E-state index contributed by atoms with van der Waals surface area (Å²) in [6, 6.07) is 11.6. The maximum atomic E-state index is 11.5. The minimum Gasteiger partial charge on any atom is -0.469 e. The van der Waals surface area contributed by atoms with Crippen molar-refractivity contribution < 1.29 is 19.0 Å². The van der Waals surface area contributed by atoms with Gasteiger partial charge in [-0.3, -0.25) is 9.69 Å². The molecule has 0 N–H and O–H groups in total. The van der Waals surface area contributed by atoms with Crippen LogP contribution in [0.2, 0.25) is 0 Å². The Morgan fingerprint density at radius 3 is 2.67 bits per heavy atom. The van der Waals surface area contributed by atoms with Gasteiger partial charge < -0.3 is 14.2 Å². The van der Waals surface area contributed by atoms with Crippen LogP contribution in [0, 0.1) is 0 Å². The molecule has 5 rings (SSSR count). The second-order valence-electron chi connectivity index (χ2n) is 7.64. The Balaban J connectivity index is 1.49. The molecule has 4 aromatic rings. The fraction of sp³-hybridized carbons (Fsp3) is 0.292. The fourth-order valence-electron chi connectivity index (χ4n) is 3.69. The molecule has 0 bridgehead atoms. The van der Waals surface area contributed by atoms with Crippen LogP contribution in [0.3, 0.4) is 0 Å². The van der Waals surface area contributed by atoms with Crippen molar-refractivity contribution in [2.24, 2.45) is 0 Å². The van der Waals surface area contributed by atoms with Crippen molar-refractivity contribution in [2.45, 2.75) is 13.0 Å². The second-order valence-corrected chi connectivity index (χ2v) is 9.45. The van der Waals surface area contributed by atoms with Crippen LogP contribution in [0.15, 0.2) is 47.2 Å². The van der Waals surface area contributed by atoms with E-state index in [-0.39, 0.29) is 12.4 Å². The zero-order valence-electron chi connectivity index (χ0n) is 18.2. The fourth-order valence-corrected chi connectivity index (χ4v) is 5.47. The lowest BCUT2D eigenvalue weighted by Gasteiger charge is -2.25. The predicted octanol–water partition coefficient (Wildman–Crippen LogP) is 4.76. The molecule has 4 heterocycles. The first-order chi connectivity index (χ1) is 16.2. The third-order valence-electron chi connectivity index (χ3n) is 5.42. The molecule has 170 valence electrons. The van der Waals surface area contributed by atoms with Gasteiger partial charge in [-0.05, 0) is 29.1 Å². The molecule has 1 aliphatic heterocycles. The molecule has 1 aromatic carbocycles. The Hall–Kier alpha value is -2.85. The number of rotatable bonds is 7. The summed E-state index contributed by atoms with van der Waals surface area (Å²) in [4.78, 5) is 25.6. The lowest BCUT2D eigenvalue weighted by molar-refractivity contribution is -0.139. The highest BCUT2D eigenvalue weighted by molar-refractivity contribution is 7.18. The molecule has 0 atom stereocenters. The third kappa shape index (κ3) is 5.06. The minimum atomic E-state index is -0.271. The smallest absolute Gasteiger partial charge is 0.309 e. The number of aromatic nitrogens is 2. The number of nitrogens with zero attached hydrogens (tertiary/aromatic N) is 3. The van der Waals surface area contributed by atoms with E-state index in [0.717, 1.165) is 58.3 Å². The summed E-state index contributed by atoms with van der Waals surface area (Å²) in [5.74, 6) is 1.67. The van der Waals surface area contributed by atoms with E-state index >= 15 is 0 Å². The Morgan fingerprint density at radius 2 is 1.94 bits per heavy atom. The standard InChI is InChI=1S/C24H23N3O4S2/c1-29-21(28)13-16-4-6-17(7-5-16)31-23-22-18(19-3-2-12-32-19)15-33-24(22)26-20(25-23)14-27-8-10-30-11-9-27/h2-7,12,15H,8-11,13-14H2,1H3. The Kier molecular flexibility index (Phi) is 6.63. The summed E-state index contributed by atoms with van der Waals surface area (Å²) in [5.41, 5.74) is 1.95. The van der Waals surface area contributed by atoms with Crippen LogP contribution in [0.5, 0.6) is 11.6 Å². The molecule has 0 saturated carbocycles. The summed E-state index contributed by atoms with van der Waals surface area (Å²) in [5, 5.41) is 5.11. The van der Waals surface area contributed by atoms with E-state index in [4.69, 9.17) is 24.2 Å². The zero-order valence-corrected chi connectivity index (χ0v) is 19.8. The number of thiophene rings is 2. The van der Waals surface area contributed by atoms with Crippen LogP contribution >= 0.6 is 22.7 Å². The molecule has 3 aromatic heterocycles. The van der Waals surface area contributed by atoms with Crippen LogP contribution in [-0.2, 0) is 27.2 Å². The summed E-state index contributed by atoms with van der Waals surface area (Å²) >= 11 is 3.29. The highest BCUT2D eigenvalue weighted by Gasteiger charge is 2.20. The molecular formula is C24H23N3O4S2. The van der Waals surface area contributed by atoms with Gasteiger partial charge in [0.05, 0.1) is 38.7 Å². The number of benzene rings is 1. The average molecular weight is 482 g/mol. The van der Waals surface area contributed by atoms with Gasteiger partial charge in [0.25, 0.3) is 0 Å². The summed E-state index contributed by atoms with van der Waals surface area (Å²) in [6.07, 6.45) is 0.227. The number of hydrogen-bond acceptors (Lipinski definition) is 9. The van der Waals surface area contributed by atoms with Gasteiger partial charge in [0.2, 0.25) is 5.88 Å². The molecule has 0 spiro atoms. The number of carbonyl (C=O) groups excluding carboxylic acids is 1. The lowest BCUT2D eigenvalue weighted by atomic mass is 10.1. The first-order valence-electron chi connectivity index (χ1n) is 10.7. The molecule has 1 saturated heterocycles. The van der Waals surface area contributed by atoms with Gasteiger partial charge in [0.1, 0.15) is 16.4 Å². The lowest BCUT2D eigenvalue weighted by Crippen LogP contribution is -2.36. The Labute approximate surface area is 199 Å². The van der Waals surface area contributed by atoms with E-state index < -0.39 is 0 Å². The summed E-state index contributed by atoms with van der Waals surface area (Å²) in [7, 11) is 1.39. The third-order valence-corrected chi connectivity index (χ3v) is 7.19. The van der Waals surface area contributed by atoms with Crippen molar-refractivity contribution in [1.82, 2.24) is 14.9 Å². The topological polar surface area (TPSA) is 73.8 Å². The SMILES string of the molecule is COC(=O)Cc1ccc(Oc2nc(CN3CCOCC3)nc3scc(-c4cccs4)c23)cc1. The van der Waals surface area contributed by atoms with Crippen LogP contribution < -0.4 is 4.74 Å². The normalized spacial score (nSPS) is 14.5. The minimum absolute atomic E-state index is 0.227. The summed E-state index contributed by atoms with van der Waals surface area (Å²) in [6.45, 7) is 3.84. The Morgan fingerprint density at radius 1 is 1.12 bits per heavy atom. The quantitative estimate of drug-likeness (QED) is 0.352. The van der Waals surface area contributed by atoms with Gasteiger partial charge in [-0.25, -0.2) is 4.98 Å². The molecule has 9 heteroatoms. The van der Waals surface area contributed by atoms with Crippen LogP contribution in [-0.4, -0.2) is 54.3 Å². The van der Waals surface area contributed by atoms with Gasteiger partial charge in [-0.15, -0.1) is 22.7 Å². The van der Waals surface area contributed by atoms with Gasteiger partial charge in [0.15, 0.2) is 0 Å². The molecule has 0 aliphatic carbocycles. The molecule has 1 aliphatic rings. The van der Waals surface area contributed by atoms with Crippen molar-refractivity contribution in [3.05, 3.63) is 58.5 Å². The summed E-state index contributed by atoms with van der Waals surface area (Å²) < 4.78 is 16.5. The Bertz CT molecular complexity index is 1230. The maximum absolute atomic E-state index is 11.5. The average Bonchev–Trinajstić information content (AvgIpc) is 3.51. The van der Waals surface area contributed by atoms with E-state index in [9.17, 15) is 4.79 Å². The van der Waals surface area contributed by atoms with Gasteiger partial charge in [-0.2, -0.15) is 4.98 Å². The van der Waals surface area contributed by atoms with E-state index in [1.165, 1.54) is 7.11 Å². The van der Waals surface area contributed by atoms with Gasteiger partial charge in [0, 0.05) is 28.9 Å². The first kappa shape index (κ1) is 22.0. The highest BCUT2D eigenvalue weighted by Crippen LogP contribution is 2.41. The number of carbonyl (C=O) groups is 1. The zero-order chi connectivity index (χ0) is 22.6. The molecule has 7 nitrogen and oxygen atoms in total. The second kappa shape index (κ2) is 9.96. The van der Waals surface area contributed by atoms with Crippen LogP contribution in [0.1, 0.15) is 11.4 Å². The van der Waals surface area contributed by atoms with Gasteiger partial charge >= 0.3 is 5.97 Å². The highest BCUT2D eigenvalue weighted by atomic mass is 32.1. The molecule has 0 unspecified atom stereocenters. The number of hydrogen-bond donors (Lipinski definition) is 0. The molecular weight excluding hydrogens is 458 g/mol. The van der Waals surface area contributed by atoms with E-state index in [0.29, 0.717) is 18.2 Å². The number of methoxy groups -OCH3 is 1. The molecule has 0 amide bonds. The van der Waals surface area contributed by atoms with Crippen molar-refractivity contribution in [2.75, 3.05) is 33.4 Å². The number of ether oxygens (including phenoxy) is 3. The number of fused-ring (bicyclic) bond motifs is 1. The van der Waals surface area contributed by atoms with E-state index in [2.05, 4.69) is 21.7 Å². The van der Waals surface area contributed by atoms with Crippen molar-refractivity contribution in [1.29, 1.82) is 0 Å². The van der Waals surface area contributed by atoms with Crippen molar-refractivity contribution in [3.8, 4) is 22.1 Å².